The van der Waals surface area contributed by atoms with E-state index in [4.69, 9.17) is 4.74 Å². The fraction of sp³-hybridized carbons (Fsp3) is 0.588. The van der Waals surface area contributed by atoms with Crippen LogP contribution in [0.4, 0.5) is 0 Å². The molecule has 1 N–H and O–H groups in total. The number of carbonyl (C=O) groups excluding carboxylic acids is 1. The summed E-state index contributed by atoms with van der Waals surface area (Å²) in [7, 11) is 1.42. The minimum atomic E-state index is -0.263. The molecule has 0 saturated carbocycles. The molecule has 0 atom stereocenters. The number of nitrogens with zero attached hydrogens (tertiary/aromatic N) is 1. The van der Waals surface area contributed by atoms with Gasteiger partial charge in [0.2, 0.25) is 0 Å². The summed E-state index contributed by atoms with van der Waals surface area (Å²) >= 11 is 0. The summed E-state index contributed by atoms with van der Waals surface area (Å²) in [5.41, 5.74) is 1.82. The average Bonchev–Trinajstić information content (AvgIpc) is 2.53. The van der Waals surface area contributed by atoms with Crippen LogP contribution in [0.1, 0.15) is 35.7 Å². The zero-order valence-electron chi connectivity index (χ0n) is 13.5. The standard InChI is InChI=1S/C17H26N2O2.ClH/c1-3-18-12-14-7-9-19(10-8-14)13-15-5-4-6-16(11-15)17(20)21-2;/h4-6,11,14,18H,3,7-10,12-13H2,1-2H3;1H. The summed E-state index contributed by atoms with van der Waals surface area (Å²) in [4.78, 5) is 14.0. The van der Waals surface area contributed by atoms with Crippen molar-refractivity contribution in [3.8, 4) is 0 Å². The van der Waals surface area contributed by atoms with Gasteiger partial charge in [-0.25, -0.2) is 4.79 Å². The molecule has 0 amide bonds. The fourth-order valence-corrected chi connectivity index (χ4v) is 2.87. The van der Waals surface area contributed by atoms with Crippen molar-refractivity contribution >= 4 is 18.4 Å². The number of ether oxygens (including phenoxy) is 1. The van der Waals surface area contributed by atoms with E-state index in [1.807, 2.05) is 12.1 Å². The summed E-state index contributed by atoms with van der Waals surface area (Å²) in [6, 6.07) is 7.76. The van der Waals surface area contributed by atoms with Gasteiger partial charge in [0.05, 0.1) is 12.7 Å². The maximum absolute atomic E-state index is 11.6. The lowest BCUT2D eigenvalue weighted by molar-refractivity contribution is 0.0600. The highest BCUT2D eigenvalue weighted by atomic mass is 35.5. The van der Waals surface area contributed by atoms with Gasteiger partial charge in [0.25, 0.3) is 0 Å². The molecule has 1 aliphatic rings. The van der Waals surface area contributed by atoms with Crippen molar-refractivity contribution in [3.05, 3.63) is 35.4 Å². The number of nitrogens with one attached hydrogen (secondary N) is 1. The summed E-state index contributed by atoms with van der Waals surface area (Å²) in [6.07, 6.45) is 2.51. The zero-order valence-corrected chi connectivity index (χ0v) is 14.3. The van der Waals surface area contributed by atoms with Gasteiger partial charge in [-0.3, -0.25) is 4.90 Å². The SMILES string of the molecule is CCNCC1CCN(Cc2cccc(C(=O)OC)c2)CC1.Cl. The minimum absolute atomic E-state index is 0. The van der Waals surface area contributed by atoms with Crippen LogP contribution in [-0.4, -0.2) is 44.2 Å². The minimum Gasteiger partial charge on any atom is -0.465 e. The molecule has 1 aromatic carbocycles. The van der Waals surface area contributed by atoms with Crippen molar-refractivity contribution in [2.45, 2.75) is 26.3 Å². The lowest BCUT2D eigenvalue weighted by Gasteiger charge is -2.32. The van der Waals surface area contributed by atoms with E-state index in [9.17, 15) is 4.79 Å². The number of rotatable bonds is 6. The van der Waals surface area contributed by atoms with Crippen molar-refractivity contribution in [1.29, 1.82) is 0 Å². The third-order valence-corrected chi connectivity index (χ3v) is 4.14. The first-order valence-electron chi connectivity index (χ1n) is 7.83. The van der Waals surface area contributed by atoms with Gasteiger partial charge in [0.1, 0.15) is 0 Å². The maximum atomic E-state index is 11.6. The predicted molar refractivity (Wildman–Crippen MR) is 91.6 cm³/mol. The van der Waals surface area contributed by atoms with Crippen LogP contribution in [0.2, 0.25) is 0 Å². The molecular formula is C17H27ClN2O2. The highest BCUT2D eigenvalue weighted by molar-refractivity contribution is 5.89. The topological polar surface area (TPSA) is 41.6 Å². The van der Waals surface area contributed by atoms with Gasteiger partial charge in [0, 0.05) is 6.54 Å². The molecule has 1 aromatic rings. The molecule has 1 aliphatic heterocycles. The lowest BCUT2D eigenvalue weighted by Crippen LogP contribution is -2.36. The Morgan fingerprint density at radius 2 is 2.09 bits per heavy atom. The molecule has 1 heterocycles. The van der Waals surface area contributed by atoms with E-state index in [0.29, 0.717) is 5.56 Å². The maximum Gasteiger partial charge on any atom is 0.337 e. The molecule has 0 spiro atoms. The Hall–Kier alpha value is -1.10. The first-order valence-corrected chi connectivity index (χ1v) is 7.83. The quantitative estimate of drug-likeness (QED) is 0.816. The number of halogens is 1. The summed E-state index contributed by atoms with van der Waals surface area (Å²) in [6.45, 7) is 7.54. The Bertz CT molecular complexity index is 460. The van der Waals surface area contributed by atoms with Crippen molar-refractivity contribution in [2.24, 2.45) is 5.92 Å². The molecule has 4 nitrogen and oxygen atoms in total. The van der Waals surface area contributed by atoms with E-state index in [-0.39, 0.29) is 18.4 Å². The van der Waals surface area contributed by atoms with Gasteiger partial charge in [-0.1, -0.05) is 19.1 Å². The number of hydrogen-bond donors (Lipinski definition) is 1. The number of likely N-dealkylation sites (tertiary alicyclic amines) is 1. The third kappa shape index (κ3) is 5.59. The molecule has 0 aliphatic carbocycles. The Morgan fingerprint density at radius 1 is 1.36 bits per heavy atom. The van der Waals surface area contributed by atoms with E-state index < -0.39 is 0 Å². The van der Waals surface area contributed by atoms with E-state index in [2.05, 4.69) is 23.2 Å². The van der Waals surface area contributed by atoms with Gasteiger partial charge >= 0.3 is 5.97 Å². The Labute approximate surface area is 139 Å². The van der Waals surface area contributed by atoms with E-state index in [1.54, 1.807) is 6.07 Å². The fourth-order valence-electron chi connectivity index (χ4n) is 2.87. The average molecular weight is 327 g/mol. The first kappa shape index (κ1) is 18.9. The number of carbonyl (C=O) groups is 1. The highest BCUT2D eigenvalue weighted by Gasteiger charge is 2.19. The molecular weight excluding hydrogens is 300 g/mol. The van der Waals surface area contributed by atoms with Crippen LogP contribution >= 0.6 is 12.4 Å². The van der Waals surface area contributed by atoms with E-state index in [0.717, 1.165) is 38.6 Å². The number of methoxy groups -OCH3 is 1. The van der Waals surface area contributed by atoms with Crippen LogP contribution in [0.25, 0.3) is 0 Å². The van der Waals surface area contributed by atoms with Gasteiger partial charge in [-0.05, 0) is 62.6 Å². The largest absolute Gasteiger partial charge is 0.465 e. The number of benzene rings is 1. The van der Waals surface area contributed by atoms with Crippen LogP contribution in [0, 0.1) is 5.92 Å². The number of esters is 1. The predicted octanol–water partition coefficient (Wildman–Crippen LogP) is 2.72. The molecule has 1 fully saturated rings. The second kappa shape index (κ2) is 9.82. The summed E-state index contributed by atoms with van der Waals surface area (Å²) in [5.74, 6) is 0.545. The van der Waals surface area contributed by atoms with Crippen molar-refractivity contribution in [2.75, 3.05) is 33.3 Å². The normalized spacial score (nSPS) is 16.1. The molecule has 5 heteroatoms. The molecule has 0 aromatic heterocycles. The summed E-state index contributed by atoms with van der Waals surface area (Å²) < 4.78 is 4.77. The van der Waals surface area contributed by atoms with Crippen LogP contribution in [0.5, 0.6) is 0 Å². The van der Waals surface area contributed by atoms with E-state index in [1.165, 1.54) is 25.5 Å². The molecule has 0 unspecified atom stereocenters. The smallest absolute Gasteiger partial charge is 0.337 e. The van der Waals surface area contributed by atoms with E-state index >= 15 is 0 Å². The summed E-state index contributed by atoms with van der Waals surface area (Å²) in [5, 5.41) is 3.44. The number of piperidine rings is 1. The Kier molecular flexibility index (Phi) is 8.46. The van der Waals surface area contributed by atoms with Crippen LogP contribution < -0.4 is 5.32 Å². The van der Waals surface area contributed by atoms with Gasteiger partial charge < -0.3 is 10.1 Å². The van der Waals surface area contributed by atoms with Gasteiger partial charge in [0.15, 0.2) is 0 Å². The molecule has 0 bridgehead atoms. The van der Waals surface area contributed by atoms with Gasteiger partial charge in [-0.15, -0.1) is 12.4 Å². The molecule has 1 saturated heterocycles. The molecule has 2 rings (SSSR count). The van der Waals surface area contributed by atoms with Crippen LogP contribution in [-0.2, 0) is 11.3 Å². The van der Waals surface area contributed by atoms with Crippen LogP contribution in [0.15, 0.2) is 24.3 Å². The number of hydrogen-bond acceptors (Lipinski definition) is 4. The second-order valence-electron chi connectivity index (χ2n) is 5.72. The first-order chi connectivity index (χ1) is 10.2. The molecule has 22 heavy (non-hydrogen) atoms. The van der Waals surface area contributed by atoms with Crippen molar-refractivity contribution < 1.29 is 9.53 Å². The Morgan fingerprint density at radius 3 is 2.73 bits per heavy atom. The van der Waals surface area contributed by atoms with Gasteiger partial charge in [-0.2, -0.15) is 0 Å². The highest BCUT2D eigenvalue weighted by Crippen LogP contribution is 2.19. The van der Waals surface area contributed by atoms with Crippen LogP contribution in [0.3, 0.4) is 0 Å². The molecule has 0 radical (unpaired) electrons. The monoisotopic (exact) mass is 326 g/mol. The molecule has 124 valence electrons. The lowest BCUT2D eigenvalue weighted by atomic mass is 9.96. The Balaban J connectivity index is 0.00000242. The van der Waals surface area contributed by atoms with Crippen molar-refractivity contribution in [3.63, 3.8) is 0 Å². The van der Waals surface area contributed by atoms with Crippen molar-refractivity contribution in [1.82, 2.24) is 10.2 Å². The zero-order chi connectivity index (χ0) is 15.1. The second-order valence-corrected chi connectivity index (χ2v) is 5.72. The third-order valence-electron chi connectivity index (χ3n) is 4.14.